The summed E-state index contributed by atoms with van der Waals surface area (Å²) < 4.78 is 13.3. The zero-order valence-electron chi connectivity index (χ0n) is 14.5. The summed E-state index contributed by atoms with van der Waals surface area (Å²) in [4.78, 5) is 28.5. The van der Waals surface area contributed by atoms with Crippen molar-refractivity contribution in [2.24, 2.45) is 0 Å². The summed E-state index contributed by atoms with van der Waals surface area (Å²) in [5.41, 5.74) is 0.580. The Labute approximate surface area is 166 Å². The fourth-order valence-electron chi connectivity index (χ4n) is 3.90. The van der Waals surface area contributed by atoms with Crippen molar-refractivity contribution in [1.29, 1.82) is 0 Å². The second-order valence-electron chi connectivity index (χ2n) is 6.80. The van der Waals surface area contributed by atoms with Gasteiger partial charge in [-0.1, -0.05) is 36.6 Å². The molecule has 4 nitrogen and oxygen atoms in total. The molecular weight excluding hydrogens is 387 g/mol. The number of hydrogen-bond acceptors (Lipinski definition) is 3. The third kappa shape index (κ3) is 3.21. The average Bonchev–Trinajstić information content (AvgIpc) is 3.14. The van der Waals surface area contributed by atoms with E-state index in [1.54, 1.807) is 11.0 Å². The highest BCUT2D eigenvalue weighted by Crippen LogP contribution is 2.45. The van der Waals surface area contributed by atoms with Gasteiger partial charge in [-0.25, -0.2) is 4.39 Å². The molecule has 1 fully saturated rings. The first kappa shape index (κ1) is 18.3. The van der Waals surface area contributed by atoms with Gasteiger partial charge in [0, 0.05) is 4.90 Å². The Kier molecular flexibility index (Phi) is 4.86. The Morgan fingerprint density at radius 1 is 1.22 bits per heavy atom. The molecule has 4 rings (SSSR count). The van der Waals surface area contributed by atoms with Crippen LogP contribution < -0.4 is 10.2 Å². The van der Waals surface area contributed by atoms with Crippen molar-refractivity contribution in [3.8, 4) is 0 Å². The van der Waals surface area contributed by atoms with E-state index in [1.807, 2.05) is 24.3 Å². The SMILES string of the molecule is O=C(CSc1ccc(F)c(Cl)c1)N1c2ccccc2NC(=O)C12CCCC2. The van der Waals surface area contributed by atoms with Gasteiger partial charge in [-0.3, -0.25) is 14.5 Å². The van der Waals surface area contributed by atoms with E-state index in [0.717, 1.165) is 18.5 Å². The number of amides is 2. The smallest absolute Gasteiger partial charge is 0.250 e. The lowest BCUT2D eigenvalue weighted by Crippen LogP contribution is -2.61. The number of anilines is 2. The summed E-state index contributed by atoms with van der Waals surface area (Å²) in [7, 11) is 0. The van der Waals surface area contributed by atoms with Crippen LogP contribution in [0.5, 0.6) is 0 Å². The summed E-state index contributed by atoms with van der Waals surface area (Å²) in [6, 6.07) is 11.8. The summed E-state index contributed by atoms with van der Waals surface area (Å²) in [6.07, 6.45) is 3.15. The number of nitrogens with zero attached hydrogens (tertiary/aromatic N) is 1. The number of nitrogens with one attached hydrogen (secondary N) is 1. The quantitative estimate of drug-likeness (QED) is 0.742. The molecule has 140 valence electrons. The molecule has 1 saturated carbocycles. The number of carbonyl (C=O) groups is 2. The second kappa shape index (κ2) is 7.17. The van der Waals surface area contributed by atoms with Gasteiger partial charge in [-0.15, -0.1) is 11.8 Å². The van der Waals surface area contributed by atoms with Crippen LogP contribution in [0, 0.1) is 5.82 Å². The van der Waals surface area contributed by atoms with Crippen molar-refractivity contribution in [3.05, 3.63) is 53.3 Å². The van der Waals surface area contributed by atoms with Gasteiger partial charge in [0.2, 0.25) is 5.91 Å². The molecule has 2 aromatic rings. The maximum Gasteiger partial charge on any atom is 0.250 e. The van der Waals surface area contributed by atoms with Gasteiger partial charge < -0.3 is 5.32 Å². The number of para-hydroxylation sites is 2. The maximum absolute atomic E-state index is 13.3. The molecule has 1 spiro atoms. The second-order valence-corrected chi connectivity index (χ2v) is 8.26. The molecule has 0 radical (unpaired) electrons. The predicted molar refractivity (Wildman–Crippen MR) is 106 cm³/mol. The fourth-order valence-corrected chi connectivity index (χ4v) is 4.93. The summed E-state index contributed by atoms with van der Waals surface area (Å²) in [6.45, 7) is 0. The molecule has 0 bridgehead atoms. The topological polar surface area (TPSA) is 49.4 Å². The van der Waals surface area contributed by atoms with E-state index in [4.69, 9.17) is 11.6 Å². The van der Waals surface area contributed by atoms with Crippen LogP contribution in [0.2, 0.25) is 5.02 Å². The van der Waals surface area contributed by atoms with E-state index in [-0.39, 0.29) is 22.6 Å². The van der Waals surface area contributed by atoms with Crippen LogP contribution in [0.1, 0.15) is 25.7 Å². The molecule has 1 aliphatic carbocycles. The Morgan fingerprint density at radius 2 is 1.96 bits per heavy atom. The summed E-state index contributed by atoms with van der Waals surface area (Å²) in [5.74, 6) is -0.587. The van der Waals surface area contributed by atoms with Gasteiger partial charge in [0.1, 0.15) is 11.4 Å². The van der Waals surface area contributed by atoms with Crippen LogP contribution in [-0.2, 0) is 9.59 Å². The van der Waals surface area contributed by atoms with E-state index in [1.165, 1.54) is 23.9 Å². The zero-order chi connectivity index (χ0) is 19.0. The molecule has 2 aliphatic rings. The first-order chi connectivity index (χ1) is 13.0. The van der Waals surface area contributed by atoms with Crippen LogP contribution in [0.25, 0.3) is 0 Å². The lowest BCUT2D eigenvalue weighted by molar-refractivity contribution is -0.126. The van der Waals surface area contributed by atoms with Gasteiger partial charge in [-0.05, 0) is 43.2 Å². The summed E-state index contributed by atoms with van der Waals surface area (Å²) in [5, 5.41) is 3.00. The number of hydrogen-bond donors (Lipinski definition) is 1. The molecular formula is C20H18ClFN2O2S. The molecule has 1 heterocycles. The van der Waals surface area contributed by atoms with Crippen molar-refractivity contribution >= 4 is 46.6 Å². The minimum absolute atomic E-state index is 0.0300. The Hall–Kier alpha value is -2.05. The van der Waals surface area contributed by atoms with Gasteiger partial charge in [-0.2, -0.15) is 0 Å². The van der Waals surface area contributed by atoms with Crippen LogP contribution in [0.4, 0.5) is 15.8 Å². The third-order valence-electron chi connectivity index (χ3n) is 5.18. The van der Waals surface area contributed by atoms with Crippen molar-refractivity contribution in [3.63, 3.8) is 0 Å². The predicted octanol–water partition coefficient (Wildman–Crippen LogP) is 4.87. The lowest BCUT2D eigenvalue weighted by atomic mass is 9.90. The molecule has 0 atom stereocenters. The van der Waals surface area contributed by atoms with Crippen molar-refractivity contribution in [1.82, 2.24) is 0 Å². The zero-order valence-corrected chi connectivity index (χ0v) is 16.1. The molecule has 1 aliphatic heterocycles. The number of halogens is 2. The molecule has 0 unspecified atom stereocenters. The van der Waals surface area contributed by atoms with Gasteiger partial charge >= 0.3 is 0 Å². The fraction of sp³-hybridized carbons (Fsp3) is 0.300. The Morgan fingerprint density at radius 3 is 2.70 bits per heavy atom. The molecule has 2 aromatic carbocycles. The van der Waals surface area contributed by atoms with E-state index in [0.29, 0.717) is 23.4 Å². The van der Waals surface area contributed by atoms with Crippen molar-refractivity contribution in [2.45, 2.75) is 36.1 Å². The maximum atomic E-state index is 13.3. The highest BCUT2D eigenvalue weighted by molar-refractivity contribution is 8.00. The number of benzene rings is 2. The van der Waals surface area contributed by atoms with Crippen LogP contribution in [-0.4, -0.2) is 23.1 Å². The number of thioether (sulfide) groups is 1. The number of rotatable bonds is 3. The highest BCUT2D eigenvalue weighted by Gasteiger charge is 2.51. The molecule has 0 saturated heterocycles. The van der Waals surface area contributed by atoms with Crippen LogP contribution >= 0.6 is 23.4 Å². The van der Waals surface area contributed by atoms with E-state index >= 15 is 0 Å². The van der Waals surface area contributed by atoms with Gasteiger partial charge in [0.05, 0.1) is 22.2 Å². The Balaban J connectivity index is 1.63. The van der Waals surface area contributed by atoms with Gasteiger partial charge in [0.25, 0.3) is 5.91 Å². The van der Waals surface area contributed by atoms with Crippen LogP contribution in [0.15, 0.2) is 47.4 Å². The van der Waals surface area contributed by atoms with E-state index in [9.17, 15) is 14.0 Å². The Bertz CT molecular complexity index is 915. The number of fused-ring (bicyclic) bond motifs is 1. The standard InChI is InChI=1S/C20H18ClFN2O2S/c21-14-11-13(7-8-15(14)22)27-12-18(25)24-17-6-2-1-5-16(17)23-19(26)20(24)9-3-4-10-20/h1-2,5-8,11H,3-4,9-10,12H2,(H,23,26). The largest absolute Gasteiger partial charge is 0.322 e. The van der Waals surface area contributed by atoms with Gasteiger partial charge in [0.15, 0.2) is 0 Å². The van der Waals surface area contributed by atoms with E-state index < -0.39 is 11.4 Å². The monoisotopic (exact) mass is 404 g/mol. The van der Waals surface area contributed by atoms with Crippen molar-refractivity contribution in [2.75, 3.05) is 16.0 Å². The molecule has 27 heavy (non-hydrogen) atoms. The molecule has 2 amide bonds. The minimum atomic E-state index is -0.813. The lowest BCUT2D eigenvalue weighted by Gasteiger charge is -2.44. The normalized spacial score (nSPS) is 17.7. The molecule has 0 aromatic heterocycles. The summed E-state index contributed by atoms with van der Waals surface area (Å²) >= 11 is 7.11. The first-order valence-electron chi connectivity index (χ1n) is 8.83. The minimum Gasteiger partial charge on any atom is -0.322 e. The van der Waals surface area contributed by atoms with E-state index in [2.05, 4.69) is 5.32 Å². The average molecular weight is 405 g/mol. The first-order valence-corrected chi connectivity index (χ1v) is 10.2. The van der Waals surface area contributed by atoms with Crippen molar-refractivity contribution < 1.29 is 14.0 Å². The number of carbonyl (C=O) groups excluding carboxylic acids is 2. The highest BCUT2D eigenvalue weighted by atomic mass is 35.5. The van der Waals surface area contributed by atoms with Crippen LogP contribution in [0.3, 0.4) is 0 Å². The molecule has 7 heteroatoms. The molecule has 1 N–H and O–H groups in total. The third-order valence-corrected chi connectivity index (χ3v) is 6.45.